The molecule has 0 radical (unpaired) electrons. The number of nitrogens with zero attached hydrogens (tertiary/aromatic N) is 2. The summed E-state index contributed by atoms with van der Waals surface area (Å²) >= 11 is 13.3. The lowest BCUT2D eigenvalue weighted by Gasteiger charge is -2.13. The Hall–Kier alpha value is -3.13. The quantitative estimate of drug-likeness (QED) is 0.212. The highest BCUT2D eigenvalue weighted by atomic mass is 35.5. The first-order chi connectivity index (χ1) is 15.8. The lowest BCUT2D eigenvalue weighted by atomic mass is 10.1. The maximum absolute atomic E-state index is 13.3. The van der Waals surface area contributed by atoms with E-state index in [0.29, 0.717) is 43.0 Å². The van der Waals surface area contributed by atoms with Crippen molar-refractivity contribution in [3.63, 3.8) is 0 Å². The zero-order valence-electron chi connectivity index (χ0n) is 17.3. The SMILES string of the molecule is CC(=O)Nc1ccc(C(=O)CSc2nc3cc(Cl)ccc3c(=O)n2-c2ccc(Cl)cc2)cc1. The molecule has 0 aliphatic rings. The highest BCUT2D eigenvalue weighted by Crippen LogP contribution is 2.25. The van der Waals surface area contributed by atoms with E-state index in [-0.39, 0.29) is 23.0 Å². The number of ketones is 1. The first-order valence-electron chi connectivity index (χ1n) is 9.84. The Bertz CT molecular complexity index is 1420. The van der Waals surface area contributed by atoms with Crippen LogP contribution in [0.1, 0.15) is 17.3 Å². The van der Waals surface area contributed by atoms with Gasteiger partial charge in [0.05, 0.1) is 22.3 Å². The first kappa shape index (κ1) is 23.0. The lowest BCUT2D eigenvalue weighted by molar-refractivity contribution is -0.114. The number of nitrogens with one attached hydrogen (secondary N) is 1. The van der Waals surface area contributed by atoms with Crippen LogP contribution in [-0.2, 0) is 4.79 Å². The lowest BCUT2D eigenvalue weighted by Crippen LogP contribution is -2.22. The van der Waals surface area contributed by atoms with Crippen molar-refractivity contribution in [3.05, 3.63) is 92.7 Å². The smallest absolute Gasteiger partial charge is 0.266 e. The zero-order chi connectivity index (χ0) is 23.5. The van der Waals surface area contributed by atoms with E-state index in [9.17, 15) is 14.4 Å². The summed E-state index contributed by atoms with van der Waals surface area (Å²) in [5.74, 6) is -0.268. The van der Waals surface area contributed by atoms with Gasteiger partial charge >= 0.3 is 0 Å². The standard InChI is InChI=1S/C24H17Cl2N3O3S/c1-14(30)27-18-7-2-15(3-8-18)22(31)13-33-24-28-21-12-17(26)6-11-20(21)23(32)29(24)19-9-4-16(25)5-10-19/h2-12H,13H2,1H3,(H,27,30). The molecule has 33 heavy (non-hydrogen) atoms. The van der Waals surface area contributed by atoms with Gasteiger partial charge in [-0.1, -0.05) is 35.0 Å². The van der Waals surface area contributed by atoms with E-state index in [1.807, 2.05) is 0 Å². The van der Waals surface area contributed by atoms with Gasteiger partial charge in [0.2, 0.25) is 5.91 Å². The van der Waals surface area contributed by atoms with Gasteiger partial charge in [-0.15, -0.1) is 0 Å². The van der Waals surface area contributed by atoms with Crippen LogP contribution in [0.3, 0.4) is 0 Å². The third-order valence-electron chi connectivity index (χ3n) is 4.75. The number of rotatable bonds is 6. The molecular formula is C24H17Cl2N3O3S. The molecule has 0 atom stereocenters. The second kappa shape index (κ2) is 9.79. The average molecular weight is 498 g/mol. The summed E-state index contributed by atoms with van der Waals surface area (Å²) in [7, 11) is 0. The second-order valence-electron chi connectivity index (χ2n) is 7.14. The van der Waals surface area contributed by atoms with E-state index in [0.717, 1.165) is 11.8 Å². The van der Waals surface area contributed by atoms with Crippen LogP contribution in [0, 0.1) is 0 Å². The third kappa shape index (κ3) is 5.27. The fourth-order valence-electron chi connectivity index (χ4n) is 3.21. The van der Waals surface area contributed by atoms with Crippen molar-refractivity contribution in [2.45, 2.75) is 12.1 Å². The van der Waals surface area contributed by atoms with E-state index in [2.05, 4.69) is 10.3 Å². The Kier molecular flexibility index (Phi) is 6.83. The summed E-state index contributed by atoms with van der Waals surface area (Å²) in [4.78, 5) is 41.9. The molecule has 0 aliphatic carbocycles. The molecule has 0 spiro atoms. The predicted octanol–water partition coefficient (Wildman–Crippen LogP) is 5.63. The van der Waals surface area contributed by atoms with Crippen LogP contribution in [-0.4, -0.2) is 27.0 Å². The average Bonchev–Trinajstić information content (AvgIpc) is 2.78. The number of halogens is 2. The van der Waals surface area contributed by atoms with Gasteiger partial charge in [-0.05, 0) is 66.7 Å². The summed E-state index contributed by atoms with van der Waals surface area (Å²) in [6, 6.07) is 18.3. The number of thioether (sulfide) groups is 1. The van der Waals surface area contributed by atoms with E-state index >= 15 is 0 Å². The van der Waals surface area contributed by atoms with Crippen molar-refractivity contribution < 1.29 is 9.59 Å². The number of anilines is 1. The number of carbonyl (C=O) groups is 2. The van der Waals surface area contributed by atoms with Crippen LogP contribution in [0.4, 0.5) is 5.69 Å². The molecule has 1 N–H and O–H groups in total. The van der Waals surface area contributed by atoms with Crippen molar-refractivity contribution in [3.8, 4) is 5.69 Å². The molecule has 6 nitrogen and oxygen atoms in total. The van der Waals surface area contributed by atoms with Crippen LogP contribution in [0.5, 0.6) is 0 Å². The maximum Gasteiger partial charge on any atom is 0.266 e. The molecule has 0 unspecified atom stereocenters. The molecule has 0 saturated heterocycles. The minimum atomic E-state index is -0.270. The summed E-state index contributed by atoms with van der Waals surface area (Å²) in [6.07, 6.45) is 0. The van der Waals surface area contributed by atoms with Crippen molar-refractivity contribution in [2.24, 2.45) is 0 Å². The summed E-state index contributed by atoms with van der Waals surface area (Å²) in [5.41, 5.74) is 1.86. The fourth-order valence-corrected chi connectivity index (χ4v) is 4.41. The number of benzene rings is 3. The number of amides is 1. The molecule has 1 aromatic heterocycles. The molecule has 0 bridgehead atoms. The van der Waals surface area contributed by atoms with Crippen molar-refractivity contribution in [2.75, 3.05) is 11.1 Å². The zero-order valence-corrected chi connectivity index (χ0v) is 19.7. The molecule has 0 saturated carbocycles. The summed E-state index contributed by atoms with van der Waals surface area (Å²) in [6.45, 7) is 1.42. The molecule has 0 aliphatic heterocycles. The third-order valence-corrected chi connectivity index (χ3v) is 6.17. The maximum atomic E-state index is 13.3. The van der Waals surface area contributed by atoms with Crippen LogP contribution in [0.25, 0.3) is 16.6 Å². The largest absolute Gasteiger partial charge is 0.326 e. The van der Waals surface area contributed by atoms with Gasteiger partial charge in [0.1, 0.15) is 0 Å². The summed E-state index contributed by atoms with van der Waals surface area (Å²) < 4.78 is 1.46. The van der Waals surface area contributed by atoms with Gasteiger partial charge in [-0.2, -0.15) is 0 Å². The molecular weight excluding hydrogens is 481 g/mol. The van der Waals surface area contributed by atoms with Gasteiger partial charge in [0.15, 0.2) is 10.9 Å². The highest BCUT2D eigenvalue weighted by molar-refractivity contribution is 7.99. The predicted molar refractivity (Wildman–Crippen MR) is 133 cm³/mol. The van der Waals surface area contributed by atoms with Crippen molar-refractivity contribution in [1.29, 1.82) is 0 Å². The number of carbonyl (C=O) groups excluding carboxylic acids is 2. The van der Waals surface area contributed by atoms with Crippen LogP contribution < -0.4 is 10.9 Å². The van der Waals surface area contributed by atoms with E-state index in [1.54, 1.807) is 66.7 Å². The Balaban J connectivity index is 1.68. The van der Waals surface area contributed by atoms with Gasteiger partial charge in [0, 0.05) is 28.2 Å². The van der Waals surface area contributed by atoms with E-state index in [4.69, 9.17) is 23.2 Å². The molecule has 0 fully saturated rings. The normalized spacial score (nSPS) is 10.9. The summed E-state index contributed by atoms with van der Waals surface area (Å²) in [5, 5.41) is 4.44. The van der Waals surface area contributed by atoms with Crippen LogP contribution in [0.2, 0.25) is 10.0 Å². The van der Waals surface area contributed by atoms with Crippen molar-refractivity contribution >= 4 is 63.2 Å². The molecule has 166 valence electrons. The molecule has 1 heterocycles. The molecule has 9 heteroatoms. The Labute approximate surface area is 203 Å². The second-order valence-corrected chi connectivity index (χ2v) is 8.96. The van der Waals surface area contributed by atoms with E-state index in [1.165, 1.54) is 11.5 Å². The monoisotopic (exact) mass is 497 g/mol. The number of Topliss-reactive ketones (excluding diaryl/α,β-unsaturated/α-hetero) is 1. The molecule has 4 aromatic rings. The fraction of sp³-hybridized carbons (Fsp3) is 0.0833. The number of hydrogen-bond donors (Lipinski definition) is 1. The molecule has 3 aromatic carbocycles. The topological polar surface area (TPSA) is 81.1 Å². The Morgan fingerprint density at radius 1 is 0.970 bits per heavy atom. The first-order valence-corrected chi connectivity index (χ1v) is 11.6. The van der Waals surface area contributed by atoms with Crippen LogP contribution in [0.15, 0.2) is 76.7 Å². The molecule has 4 rings (SSSR count). The van der Waals surface area contributed by atoms with Gasteiger partial charge in [-0.3, -0.25) is 19.0 Å². The number of aromatic nitrogens is 2. The van der Waals surface area contributed by atoms with Gasteiger partial charge in [-0.25, -0.2) is 4.98 Å². The number of fused-ring (bicyclic) bond motifs is 1. The van der Waals surface area contributed by atoms with Crippen LogP contribution >= 0.6 is 35.0 Å². The minimum Gasteiger partial charge on any atom is -0.326 e. The minimum absolute atomic E-state index is 0.0611. The van der Waals surface area contributed by atoms with Gasteiger partial charge in [0.25, 0.3) is 5.56 Å². The van der Waals surface area contributed by atoms with Gasteiger partial charge < -0.3 is 5.32 Å². The molecule has 1 amide bonds. The van der Waals surface area contributed by atoms with E-state index < -0.39 is 0 Å². The Morgan fingerprint density at radius 2 is 1.64 bits per heavy atom. The van der Waals surface area contributed by atoms with Crippen molar-refractivity contribution in [1.82, 2.24) is 9.55 Å². The Morgan fingerprint density at radius 3 is 2.30 bits per heavy atom. The highest BCUT2D eigenvalue weighted by Gasteiger charge is 2.16. The number of hydrogen-bond acceptors (Lipinski definition) is 5.